The van der Waals surface area contributed by atoms with Gasteiger partial charge in [-0.3, -0.25) is 0 Å². The molecular weight excluding hydrogens is 260 g/mol. The normalized spacial score (nSPS) is 28.1. The largest absolute Gasteiger partial charge is 0.480 e. The average molecular weight is 284 g/mol. The van der Waals surface area contributed by atoms with Gasteiger partial charge in [-0.2, -0.15) is 0 Å². The monoisotopic (exact) mass is 284 g/mol. The first kappa shape index (κ1) is 15.1. The first-order chi connectivity index (χ1) is 9.59. The summed E-state index contributed by atoms with van der Waals surface area (Å²) in [5.41, 5.74) is 0. The molecule has 0 aromatic rings. The maximum Gasteiger partial charge on any atom is 0.326 e. The van der Waals surface area contributed by atoms with Gasteiger partial charge in [0.25, 0.3) is 0 Å². The number of aliphatic carboxylic acids is 1. The number of carbonyl (C=O) groups excluding carboxylic acids is 1. The van der Waals surface area contributed by atoms with Crippen molar-refractivity contribution in [1.29, 1.82) is 0 Å². The van der Waals surface area contributed by atoms with Crippen LogP contribution in [-0.2, 0) is 9.53 Å². The van der Waals surface area contributed by atoms with Gasteiger partial charge in [0.1, 0.15) is 6.04 Å². The zero-order valence-electron chi connectivity index (χ0n) is 12.0. The first-order valence-electron chi connectivity index (χ1n) is 7.44. The summed E-state index contributed by atoms with van der Waals surface area (Å²) in [4.78, 5) is 25.1. The maximum atomic E-state index is 12.2. The smallest absolute Gasteiger partial charge is 0.326 e. The van der Waals surface area contributed by atoms with Crippen molar-refractivity contribution in [1.82, 2.24) is 10.2 Å². The van der Waals surface area contributed by atoms with Gasteiger partial charge in [-0.25, -0.2) is 9.59 Å². The lowest BCUT2D eigenvalue weighted by Crippen LogP contribution is -2.55. The van der Waals surface area contributed by atoms with Crippen molar-refractivity contribution in [3.63, 3.8) is 0 Å². The van der Waals surface area contributed by atoms with E-state index in [2.05, 4.69) is 5.32 Å². The van der Waals surface area contributed by atoms with Crippen molar-refractivity contribution in [2.24, 2.45) is 11.8 Å². The van der Waals surface area contributed by atoms with E-state index < -0.39 is 12.0 Å². The summed E-state index contributed by atoms with van der Waals surface area (Å²) in [6, 6.07) is -0.936. The van der Waals surface area contributed by atoms with Crippen molar-refractivity contribution in [3.05, 3.63) is 0 Å². The Hall–Kier alpha value is -1.30. The van der Waals surface area contributed by atoms with E-state index in [0.29, 0.717) is 19.0 Å². The Morgan fingerprint density at radius 2 is 2.00 bits per heavy atom. The van der Waals surface area contributed by atoms with E-state index in [1.807, 2.05) is 6.92 Å². The van der Waals surface area contributed by atoms with Gasteiger partial charge in [-0.15, -0.1) is 0 Å². The number of carbonyl (C=O) groups is 2. The SMILES string of the molecule is CC1CCCN(C(=O)NCC2CCOCC2)C1C(=O)O. The highest BCUT2D eigenvalue weighted by Crippen LogP contribution is 2.23. The number of ether oxygens (including phenoxy) is 1. The quantitative estimate of drug-likeness (QED) is 0.819. The molecule has 6 heteroatoms. The highest BCUT2D eigenvalue weighted by Gasteiger charge is 2.37. The van der Waals surface area contributed by atoms with Crippen molar-refractivity contribution in [2.75, 3.05) is 26.3 Å². The van der Waals surface area contributed by atoms with Crippen LogP contribution in [-0.4, -0.2) is 54.4 Å². The lowest BCUT2D eigenvalue weighted by atomic mass is 9.91. The number of hydrogen-bond acceptors (Lipinski definition) is 3. The van der Waals surface area contributed by atoms with Crippen LogP contribution in [0.15, 0.2) is 0 Å². The molecule has 20 heavy (non-hydrogen) atoms. The van der Waals surface area contributed by atoms with E-state index in [0.717, 1.165) is 38.9 Å². The lowest BCUT2D eigenvalue weighted by Gasteiger charge is -2.37. The van der Waals surface area contributed by atoms with E-state index >= 15 is 0 Å². The summed E-state index contributed by atoms with van der Waals surface area (Å²) in [5.74, 6) is -0.452. The van der Waals surface area contributed by atoms with Crippen LogP contribution in [0, 0.1) is 11.8 Å². The fourth-order valence-corrected chi connectivity index (χ4v) is 3.08. The molecule has 2 saturated heterocycles. The average Bonchev–Trinajstić information content (AvgIpc) is 2.45. The molecule has 0 aliphatic carbocycles. The second-order valence-corrected chi connectivity index (χ2v) is 5.84. The number of likely N-dealkylation sites (tertiary alicyclic amines) is 1. The Bertz CT molecular complexity index is 355. The summed E-state index contributed by atoms with van der Waals surface area (Å²) in [5, 5.41) is 12.2. The van der Waals surface area contributed by atoms with Crippen LogP contribution >= 0.6 is 0 Å². The summed E-state index contributed by atoms with van der Waals surface area (Å²) in [7, 11) is 0. The van der Waals surface area contributed by atoms with E-state index in [-0.39, 0.29) is 11.9 Å². The Labute approximate surface area is 119 Å². The predicted octanol–water partition coefficient (Wildman–Crippen LogP) is 1.31. The van der Waals surface area contributed by atoms with Crippen LogP contribution in [0.1, 0.15) is 32.6 Å². The minimum Gasteiger partial charge on any atom is -0.480 e. The fraction of sp³-hybridized carbons (Fsp3) is 0.857. The second-order valence-electron chi connectivity index (χ2n) is 5.84. The fourth-order valence-electron chi connectivity index (χ4n) is 3.08. The van der Waals surface area contributed by atoms with E-state index in [4.69, 9.17) is 4.74 Å². The highest BCUT2D eigenvalue weighted by atomic mass is 16.5. The van der Waals surface area contributed by atoms with Crippen molar-refractivity contribution in [3.8, 4) is 0 Å². The van der Waals surface area contributed by atoms with Crippen LogP contribution < -0.4 is 5.32 Å². The third kappa shape index (κ3) is 3.62. The zero-order valence-corrected chi connectivity index (χ0v) is 12.0. The van der Waals surface area contributed by atoms with Gasteiger partial charge < -0.3 is 20.1 Å². The van der Waals surface area contributed by atoms with Crippen molar-refractivity contribution in [2.45, 2.75) is 38.6 Å². The Morgan fingerprint density at radius 1 is 1.30 bits per heavy atom. The molecule has 0 spiro atoms. The van der Waals surface area contributed by atoms with Gasteiger partial charge in [0.2, 0.25) is 0 Å². The van der Waals surface area contributed by atoms with E-state index in [1.165, 1.54) is 4.90 Å². The summed E-state index contributed by atoms with van der Waals surface area (Å²) in [6.45, 7) is 4.54. The lowest BCUT2D eigenvalue weighted by molar-refractivity contribution is -0.145. The second kappa shape index (κ2) is 6.92. The molecule has 2 aliphatic heterocycles. The van der Waals surface area contributed by atoms with E-state index in [1.54, 1.807) is 0 Å². The first-order valence-corrected chi connectivity index (χ1v) is 7.44. The molecule has 2 fully saturated rings. The van der Waals surface area contributed by atoms with Crippen LogP contribution in [0.3, 0.4) is 0 Å². The number of carboxylic acid groups (broad SMARTS) is 1. The Morgan fingerprint density at radius 3 is 2.65 bits per heavy atom. The molecule has 114 valence electrons. The number of piperidine rings is 1. The van der Waals surface area contributed by atoms with Gasteiger partial charge in [0.15, 0.2) is 0 Å². The van der Waals surface area contributed by atoms with Gasteiger partial charge in [0.05, 0.1) is 0 Å². The van der Waals surface area contributed by atoms with Gasteiger partial charge in [-0.05, 0) is 37.5 Å². The molecule has 2 amide bonds. The summed E-state index contributed by atoms with van der Waals surface area (Å²) >= 11 is 0. The van der Waals surface area contributed by atoms with Crippen LogP contribution in [0.4, 0.5) is 4.79 Å². The molecular formula is C14H24N2O4. The zero-order chi connectivity index (χ0) is 14.5. The standard InChI is InChI=1S/C14H24N2O4/c1-10-3-2-6-16(12(10)13(17)18)14(19)15-9-11-4-7-20-8-5-11/h10-12H,2-9H2,1H3,(H,15,19)(H,17,18). The van der Waals surface area contributed by atoms with Crippen LogP contribution in [0.25, 0.3) is 0 Å². The number of rotatable bonds is 3. The molecule has 6 nitrogen and oxygen atoms in total. The predicted molar refractivity (Wildman–Crippen MR) is 73.5 cm³/mol. The minimum atomic E-state index is -0.904. The molecule has 2 atom stereocenters. The van der Waals surface area contributed by atoms with Gasteiger partial charge in [-0.1, -0.05) is 6.92 Å². The van der Waals surface area contributed by atoms with Gasteiger partial charge >= 0.3 is 12.0 Å². The summed E-state index contributed by atoms with van der Waals surface area (Å²) < 4.78 is 5.28. The summed E-state index contributed by atoms with van der Waals surface area (Å²) in [6.07, 6.45) is 3.65. The number of urea groups is 1. The third-order valence-corrected chi connectivity index (χ3v) is 4.33. The molecule has 0 bridgehead atoms. The number of nitrogens with one attached hydrogen (secondary N) is 1. The highest BCUT2D eigenvalue weighted by molar-refractivity contribution is 5.83. The molecule has 2 heterocycles. The molecule has 0 saturated carbocycles. The Balaban J connectivity index is 1.87. The molecule has 2 aliphatic rings. The van der Waals surface area contributed by atoms with Crippen molar-refractivity contribution >= 4 is 12.0 Å². The van der Waals surface area contributed by atoms with E-state index in [9.17, 15) is 14.7 Å². The number of amides is 2. The molecule has 2 N–H and O–H groups in total. The molecule has 0 aromatic heterocycles. The number of carboxylic acids is 1. The van der Waals surface area contributed by atoms with Crippen LogP contribution in [0.5, 0.6) is 0 Å². The molecule has 2 rings (SSSR count). The molecule has 0 radical (unpaired) electrons. The minimum absolute atomic E-state index is 0.00933. The number of nitrogens with zero attached hydrogens (tertiary/aromatic N) is 1. The third-order valence-electron chi connectivity index (χ3n) is 4.33. The topological polar surface area (TPSA) is 78.9 Å². The maximum absolute atomic E-state index is 12.2. The van der Waals surface area contributed by atoms with Crippen molar-refractivity contribution < 1.29 is 19.4 Å². The number of hydrogen-bond donors (Lipinski definition) is 2. The molecule has 0 aromatic carbocycles. The van der Waals surface area contributed by atoms with Crippen LogP contribution in [0.2, 0.25) is 0 Å². The molecule has 2 unspecified atom stereocenters. The van der Waals surface area contributed by atoms with Gasteiger partial charge in [0, 0.05) is 26.3 Å². The Kier molecular flexibility index (Phi) is 5.23.